The van der Waals surface area contributed by atoms with E-state index in [0.29, 0.717) is 24.3 Å². The van der Waals surface area contributed by atoms with E-state index in [1.165, 1.54) is 4.90 Å². The second kappa shape index (κ2) is 7.32. The van der Waals surface area contributed by atoms with Crippen molar-refractivity contribution in [2.24, 2.45) is 0 Å². The molecular formula is C16H22N2O5. The average molecular weight is 322 g/mol. The van der Waals surface area contributed by atoms with E-state index in [9.17, 15) is 9.59 Å². The lowest BCUT2D eigenvalue weighted by Crippen LogP contribution is -2.46. The molecule has 2 amide bonds. The molecule has 7 nitrogen and oxygen atoms in total. The molecule has 1 fully saturated rings. The van der Waals surface area contributed by atoms with Crippen molar-refractivity contribution in [2.75, 3.05) is 20.4 Å². The number of hydrogen-bond donors (Lipinski definition) is 2. The van der Waals surface area contributed by atoms with Gasteiger partial charge in [-0.2, -0.15) is 0 Å². The quantitative estimate of drug-likeness (QED) is 0.811. The number of nitrogens with one attached hydrogen (secondary N) is 1. The third-order valence-electron chi connectivity index (χ3n) is 3.84. The monoisotopic (exact) mass is 322 g/mol. The fourth-order valence-electron chi connectivity index (χ4n) is 2.81. The SMILES string of the molecule is COCOc1c(C)cc(C(=O)NC2CCCN2C(=O)O)cc1C. The summed E-state index contributed by atoms with van der Waals surface area (Å²) in [6.45, 7) is 4.30. The van der Waals surface area contributed by atoms with E-state index in [1.807, 2.05) is 13.8 Å². The van der Waals surface area contributed by atoms with Crippen LogP contribution in [0.15, 0.2) is 12.1 Å². The minimum atomic E-state index is -1.01. The van der Waals surface area contributed by atoms with Crippen LogP contribution in [0.5, 0.6) is 5.75 Å². The lowest BCUT2D eigenvalue weighted by molar-refractivity contribution is 0.0501. The van der Waals surface area contributed by atoms with Gasteiger partial charge in [0.2, 0.25) is 0 Å². The minimum absolute atomic E-state index is 0.142. The Kier molecular flexibility index (Phi) is 5.44. The van der Waals surface area contributed by atoms with E-state index in [-0.39, 0.29) is 12.7 Å². The van der Waals surface area contributed by atoms with Crippen LogP contribution in [0.1, 0.15) is 34.3 Å². The summed E-state index contributed by atoms with van der Waals surface area (Å²) in [6, 6.07) is 3.46. The Hall–Kier alpha value is -2.28. The molecule has 1 aromatic rings. The Balaban J connectivity index is 2.12. The topological polar surface area (TPSA) is 88.1 Å². The van der Waals surface area contributed by atoms with Gasteiger partial charge in [-0.3, -0.25) is 9.69 Å². The van der Waals surface area contributed by atoms with Gasteiger partial charge in [0, 0.05) is 19.2 Å². The zero-order valence-electron chi connectivity index (χ0n) is 13.6. The molecular weight excluding hydrogens is 300 g/mol. The fourth-order valence-corrected chi connectivity index (χ4v) is 2.81. The maximum Gasteiger partial charge on any atom is 0.408 e. The second-order valence-electron chi connectivity index (χ2n) is 5.60. The number of carboxylic acid groups (broad SMARTS) is 1. The summed E-state index contributed by atoms with van der Waals surface area (Å²) in [5.74, 6) is 0.407. The van der Waals surface area contributed by atoms with E-state index < -0.39 is 12.3 Å². The first-order valence-electron chi connectivity index (χ1n) is 7.47. The second-order valence-corrected chi connectivity index (χ2v) is 5.60. The molecule has 2 rings (SSSR count). The predicted octanol–water partition coefficient (Wildman–Crippen LogP) is 2.12. The molecule has 1 saturated heterocycles. The van der Waals surface area contributed by atoms with Gasteiger partial charge in [0.05, 0.1) is 0 Å². The number of hydrogen-bond acceptors (Lipinski definition) is 4. The number of ether oxygens (including phenoxy) is 2. The van der Waals surface area contributed by atoms with Gasteiger partial charge in [0.25, 0.3) is 5.91 Å². The van der Waals surface area contributed by atoms with Crippen molar-refractivity contribution in [3.05, 3.63) is 28.8 Å². The Morgan fingerprint density at radius 1 is 1.35 bits per heavy atom. The van der Waals surface area contributed by atoms with Gasteiger partial charge < -0.3 is 19.9 Å². The Morgan fingerprint density at radius 3 is 2.57 bits per heavy atom. The van der Waals surface area contributed by atoms with Crippen LogP contribution in [-0.2, 0) is 4.74 Å². The minimum Gasteiger partial charge on any atom is -0.467 e. The molecule has 126 valence electrons. The van der Waals surface area contributed by atoms with Crippen molar-refractivity contribution >= 4 is 12.0 Å². The first-order valence-corrected chi connectivity index (χ1v) is 7.47. The molecule has 1 aliphatic heterocycles. The molecule has 0 spiro atoms. The Morgan fingerprint density at radius 2 is 2.00 bits per heavy atom. The van der Waals surface area contributed by atoms with Crippen LogP contribution >= 0.6 is 0 Å². The lowest BCUT2D eigenvalue weighted by atomic mass is 10.0. The smallest absolute Gasteiger partial charge is 0.408 e. The van der Waals surface area contributed by atoms with Gasteiger partial charge in [0.15, 0.2) is 6.79 Å². The molecule has 0 radical (unpaired) electrons. The summed E-state index contributed by atoms with van der Waals surface area (Å²) in [4.78, 5) is 24.8. The first kappa shape index (κ1) is 17.1. The van der Waals surface area contributed by atoms with Crippen molar-refractivity contribution in [2.45, 2.75) is 32.9 Å². The molecule has 2 N–H and O–H groups in total. The number of carbonyl (C=O) groups is 2. The van der Waals surface area contributed by atoms with Gasteiger partial charge in [-0.05, 0) is 49.9 Å². The van der Waals surface area contributed by atoms with E-state index in [2.05, 4.69) is 5.32 Å². The summed E-state index contributed by atoms with van der Waals surface area (Å²) < 4.78 is 10.4. The van der Waals surface area contributed by atoms with E-state index >= 15 is 0 Å². The number of methoxy groups -OCH3 is 1. The fraction of sp³-hybridized carbons (Fsp3) is 0.500. The highest BCUT2D eigenvalue weighted by Gasteiger charge is 2.30. The highest BCUT2D eigenvalue weighted by atomic mass is 16.7. The molecule has 0 bridgehead atoms. The van der Waals surface area contributed by atoms with Crippen molar-refractivity contribution in [3.63, 3.8) is 0 Å². The standard InChI is InChI=1S/C16H22N2O5/c1-10-7-12(8-11(2)14(10)23-9-22-3)15(19)17-13-5-4-6-18(13)16(20)21/h7-8,13H,4-6,9H2,1-3H3,(H,17,19)(H,20,21). The van der Waals surface area contributed by atoms with Gasteiger partial charge in [-0.1, -0.05) is 0 Å². The molecule has 1 unspecified atom stereocenters. The van der Waals surface area contributed by atoms with E-state index in [1.54, 1.807) is 19.2 Å². The highest BCUT2D eigenvalue weighted by molar-refractivity contribution is 5.95. The molecule has 0 saturated carbocycles. The number of nitrogens with zero attached hydrogens (tertiary/aromatic N) is 1. The number of carbonyl (C=O) groups excluding carboxylic acids is 1. The van der Waals surface area contributed by atoms with Crippen LogP contribution in [0.4, 0.5) is 4.79 Å². The maximum atomic E-state index is 12.4. The maximum absolute atomic E-state index is 12.4. The molecule has 23 heavy (non-hydrogen) atoms. The van der Waals surface area contributed by atoms with Crippen LogP contribution in [-0.4, -0.2) is 48.6 Å². The zero-order chi connectivity index (χ0) is 17.0. The van der Waals surface area contributed by atoms with Crippen molar-refractivity contribution in [1.82, 2.24) is 10.2 Å². The number of benzene rings is 1. The summed E-state index contributed by atoms with van der Waals surface area (Å²) >= 11 is 0. The van der Waals surface area contributed by atoms with Crippen molar-refractivity contribution in [1.29, 1.82) is 0 Å². The van der Waals surface area contributed by atoms with Gasteiger partial charge >= 0.3 is 6.09 Å². The van der Waals surface area contributed by atoms with Crippen molar-refractivity contribution < 1.29 is 24.2 Å². The number of aryl methyl sites for hydroxylation is 2. The first-order chi connectivity index (χ1) is 10.9. The normalized spacial score (nSPS) is 17.2. The average Bonchev–Trinajstić information content (AvgIpc) is 2.94. The van der Waals surface area contributed by atoms with E-state index in [0.717, 1.165) is 17.5 Å². The number of likely N-dealkylation sites (tertiary alicyclic amines) is 1. The van der Waals surface area contributed by atoms with Gasteiger partial charge in [-0.15, -0.1) is 0 Å². The third-order valence-corrected chi connectivity index (χ3v) is 3.84. The molecule has 0 aromatic heterocycles. The van der Waals surface area contributed by atoms with Crippen molar-refractivity contribution in [3.8, 4) is 5.75 Å². The summed E-state index contributed by atoms with van der Waals surface area (Å²) in [6.07, 6.45) is -0.0991. The molecule has 1 atom stereocenters. The molecule has 0 aliphatic carbocycles. The highest BCUT2D eigenvalue weighted by Crippen LogP contribution is 2.25. The third kappa shape index (κ3) is 3.92. The molecule has 1 aliphatic rings. The zero-order valence-corrected chi connectivity index (χ0v) is 13.6. The van der Waals surface area contributed by atoms with Gasteiger partial charge in [0.1, 0.15) is 11.9 Å². The van der Waals surface area contributed by atoms with Crippen LogP contribution in [0.2, 0.25) is 0 Å². The number of rotatable bonds is 5. The largest absolute Gasteiger partial charge is 0.467 e. The van der Waals surface area contributed by atoms with E-state index in [4.69, 9.17) is 14.6 Å². The summed E-state index contributed by atoms with van der Waals surface area (Å²) in [7, 11) is 1.54. The summed E-state index contributed by atoms with van der Waals surface area (Å²) in [5, 5.41) is 11.9. The van der Waals surface area contributed by atoms with Crippen LogP contribution < -0.4 is 10.1 Å². The summed E-state index contributed by atoms with van der Waals surface area (Å²) in [5.41, 5.74) is 2.14. The Labute approximate surface area is 135 Å². The van der Waals surface area contributed by atoms with Crippen LogP contribution in [0, 0.1) is 13.8 Å². The predicted molar refractivity (Wildman–Crippen MR) is 83.6 cm³/mol. The van der Waals surface area contributed by atoms with Crippen LogP contribution in [0.25, 0.3) is 0 Å². The van der Waals surface area contributed by atoms with Crippen LogP contribution in [0.3, 0.4) is 0 Å². The molecule has 1 aromatic carbocycles. The Bertz CT molecular complexity index is 579. The van der Waals surface area contributed by atoms with Gasteiger partial charge in [-0.25, -0.2) is 4.79 Å². The lowest BCUT2D eigenvalue weighted by Gasteiger charge is -2.23. The molecule has 7 heteroatoms. The molecule has 1 heterocycles. The number of amides is 2.